The van der Waals surface area contributed by atoms with Crippen LogP contribution in [0.15, 0.2) is 72.8 Å². The molecule has 0 saturated carbocycles. The molecule has 0 aliphatic carbocycles. The Hall–Kier alpha value is -3.66. The van der Waals surface area contributed by atoms with Crippen molar-refractivity contribution < 1.29 is 23.5 Å². The predicted octanol–water partition coefficient (Wildman–Crippen LogP) is 6.99. The number of likely N-dealkylation sites (tertiary alicyclic amines) is 1. The Morgan fingerprint density at radius 2 is 1.64 bits per heavy atom. The van der Waals surface area contributed by atoms with E-state index in [1.807, 2.05) is 72.8 Å². The summed E-state index contributed by atoms with van der Waals surface area (Å²) < 4.78 is 18.2. The maximum atomic E-state index is 12.9. The first-order valence-corrected chi connectivity index (χ1v) is 18.2. The Kier molecular flexibility index (Phi) is 10.9. The molecule has 3 N–H and O–H groups in total. The minimum absolute atomic E-state index is 0.125. The lowest BCUT2D eigenvalue weighted by atomic mass is 9.98. The minimum atomic E-state index is -1.88. The number of benzene rings is 3. The molecule has 1 atom stereocenters. The second kappa shape index (κ2) is 14.4. The number of hydrogen-bond acceptors (Lipinski definition) is 6. The molecular weight excluding hydrogens is 570 g/mol. The quantitative estimate of drug-likeness (QED) is 0.225. The van der Waals surface area contributed by atoms with E-state index < -0.39 is 26.4 Å². The van der Waals surface area contributed by atoms with Gasteiger partial charge in [0.1, 0.15) is 11.9 Å². The molecule has 44 heavy (non-hydrogen) atoms. The van der Waals surface area contributed by atoms with Gasteiger partial charge in [0.25, 0.3) is 5.91 Å². The SMILES string of the molecule is CN1CCC(OC(=O)Nc2ccc(-c3ccccc3)cc2CC(Oc2ccc(CO[Si](C)(C)C(C)(C)C)cc2)C(N)=O)CC1. The van der Waals surface area contributed by atoms with E-state index in [1.54, 1.807) is 0 Å². The Morgan fingerprint density at radius 3 is 2.25 bits per heavy atom. The second-order valence-corrected chi connectivity index (χ2v) is 18.0. The largest absolute Gasteiger partial charge is 0.480 e. The van der Waals surface area contributed by atoms with Crippen LogP contribution in [0, 0.1) is 0 Å². The normalized spacial score (nSPS) is 15.4. The number of carbonyl (C=O) groups is 2. The molecule has 3 aromatic rings. The average molecular weight is 618 g/mol. The number of nitrogens with one attached hydrogen (secondary N) is 1. The van der Waals surface area contributed by atoms with Gasteiger partial charge in [0, 0.05) is 25.2 Å². The van der Waals surface area contributed by atoms with Crippen LogP contribution in [-0.4, -0.2) is 57.6 Å². The van der Waals surface area contributed by atoms with Crippen LogP contribution in [0.4, 0.5) is 10.5 Å². The third-order valence-corrected chi connectivity index (χ3v) is 13.2. The van der Waals surface area contributed by atoms with Crippen LogP contribution in [0.25, 0.3) is 11.1 Å². The first kappa shape index (κ1) is 33.2. The lowest BCUT2D eigenvalue weighted by Gasteiger charge is -2.36. The zero-order valence-electron chi connectivity index (χ0n) is 26.9. The lowest BCUT2D eigenvalue weighted by molar-refractivity contribution is -0.124. The Morgan fingerprint density at radius 1 is 0.977 bits per heavy atom. The third-order valence-electron chi connectivity index (χ3n) is 8.72. The molecule has 8 nitrogen and oxygen atoms in total. The Bertz CT molecular complexity index is 1400. The number of piperidine rings is 1. The second-order valence-electron chi connectivity index (χ2n) is 13.2. The van der Waals surface area contributed by atoms with Crippen LogP contribution in [0.2, 0.25) is 18.1 Å². The van der Waals surface area contributed by atoms with Gasteiger partial charge in [0.2, 0.25) is 0 Å². The molecule has 0 aromatic heterocycles. The van der Waals surface area contributed by atoms with Gasteiger partial charge in [-0.2, -0.15) is 0 Å². The molecule has 1 aliphatic rings. The molecule has 236 valence electrons. The fourth-order valence-corrected chi connectivity index (χ4v) is 5.76. The summed E-state index contributed by atoms with van der Waals surface area (Å²) in [6, 6.07) is 23.2. The first-order chi connectivity index (χ1) is 20.8. The van der Waals surface area contributed by atoms with Crippen LogP contribution >= 0.6 is 0 Å². The molecule has 1 heterocycles. The van der Waals surface area contributed by atoms with Crippen molar-refractivity contribution in [2.45, 2.75) is 77.0 Å². The first-order valence-electron chi connectivity index (χ1n) is 15.3. The molecule has 9 heteroatoms. The van der Waals surface area contributed by atoms with Crippen molar-refractivity contribution in [3.05, 3.63) is 83.9 Å². The molecule has 2 amide bonds. The summed E-state index contributed by atoms with van der Waals surface area (Å²) in [5, 5.41) is 3.03. The van der Waals surface area contributed by atoms with Crippen LogP contribution < -0.4 is 15.8 Å². The standard InChI is InChI=1S/C35H47N3O5Si/c1-35(2,3)44(5,6)41-24-25-12-15-29(16-13-25)42-32(33(36)39)23-28-22-27(26-10-8-7-9-11-26)14-17-31(28)37-34(40)43-30-18-20-38(4)21-19-30/h7-17,22,30,32H,18-21,23-24H2,1-6H3,(H2,36,39)(H,37,40). The number of nitrogens with two attached hydrogens (primary N) is 1. The predicted molar refractivity (Wildman–Crippen MR) is 178 cm³/mol. The van der Waals surface area contributed by atoms with E-state index in [2.05, 4.69) is 51.1 Å². The van der Waals surface area contributed by atoms with E-state index in [4.69, 9.17) is 19.6 Å². The fourth-order valence-electron chi connectivity index (χ4n) is 4.80. The maximum Gasteiger partial charge on any atom is 0.411 e. The number of carbonyl (C=O) groups excluding carboxylic acids is 2. The number of rotatable bonds is 11. The fraction of sp³-hybridized carbons (Fsp3) is 0.429. The van der Waals surface area contributed by atoms with E-state index in [0.29, 0.717) is 18.0 Å². The van der Waals surface area contributed by atoms with Crippen LogP contribution in [0.3, 0.4) is 0 Å². The molecule has 3 aromatic carbocycles. The van der Waals surface area contributed by atoms with Gasteiger partial charge in [-0.05, 0) is 84.5 Å². The van der Waals surface area contributed by atoms with Crippen LogP contribution in [0.5, 0.6) is 5.75 Å². The highest BCUT2D eigenvalue weighted by Gasteiger charge is 2.37. The van der Waals surface area contributed by atoms with E-state index in [0.717, 1.165) is 48.2 Å². The highest BCUT2D eigenvalue weighted by atomic mass is 28.4. The molecule has 0 radical (unpaired) electrons. The van der Waals surface area contributed by atoms with Gasteiger partial charge in [-0.25, -0.2) is 4.79 Å². The van der Waals surface area contributed by atoms with Crippen molar-refractivity contribution in [1.29, 1.82) is 0 Å². The van der Waals surface area contributed by atoms with Gasteiger partial charge < -0.3 is 24.5 Å². The summed E-state index contributed by atoms with van der Waals surface area (Å²) in [7, 11) is 0.181. The lowest BCUT2D eigenvalue weighted by Crippen LogP contribution is -2.40. The maximum absolute atomic E-state index is 12.9. The average Bonchev–Trinajstić information content (AvgIpc) is 2.98. The molecule has 1 fully saturated rings. The number of ether oxygens (including phenoxy) is 2. The van der Waals surface area contributed by atoms with Crippen molar-refractivity contribution in [2.75, 3.05) is 25.5 Å². The molecule has 1 unspecified atom stereocenters. The number of nitrogens with zero attached hydrogens (tertiary/aromatic N) is 1. The molecule has 1 aliphatic heterocycles. The van der Waals surface area contributed by atoms with Crippen molar-refractivity contribution in [3.63, 3.8) is 0 Å². The van der Waals surface area contributed by atoms with Gasteiger partial charge in [0.05, 0.1) is 6.61 Å². The van der Waals surface area contributed by atoms with Crippen molar-refractivity contribution in [1.82, 2.24) is 4.90 Å². The van der Waals surface area contributed by atoms with Crippen molar-refractivity contribution in [2.24, 2.45) is 5.73 Å². The number of primary amides is 1. The smallest absolute Gasteiger partial charge is 0.411 e. The van der Waals surface area contributed by atoms with Gasteiger partial charge in [-0.1, -0.05) is 69.3 Å². The topological polar surface area (TPSA) is 103 Å². The van der Waals surface area contributed by atoms with Crippen molar-refractivity contribution >= 4 is 26.0 Å². The van der Waals surface area contributed by atoms with E-state index in [1.165, 1.54) is 0 Å². The molecule has 4 rings (SSSR count). The summed E-state index contributed by atoms with van der Waals surface area (Å²) in [5.41, 5.74) is 10.1. The van der Waals surface area contributed by atoms with E-state index in [9.17, 15) is 9.59 Å². The van der Waals surface area contributed by atoms with E-state index >= 15 is 0 Å². The summed E-state index contributed by atoms with van der Waals surface area (Å²) in [5.74, 6) is -0.0689. The third kappa shape index (κ3) is 9.17. The Labute approximate surface area is 263 Å². The summed E-state index contributed by atoms with van der Waals surface area (Å²) in [6.45, 7) is 13.4. The highest BCUT2D eigenvalue weighted by molar-refractivity contribution is 6.74. The van der Waals surface area contributed by atoms with Gasteiger partial charge in [0.15, 0.2) is 14.4 Å². The molecular formula is C35H47N3O5Si. The monoisotopic (exact) mass is 617 g/mol. The molecule has 1 saturated heterocycles. The van der Waals surface area contributed by atoms with Gasteiger partial charge >= 0.3 is 6.09 Å². The highest BCUT2D eigenvalue weighted by Crippen LogP contribution is 2.37. The van der Waals surface area contributed by atoms with Crippen molar-refractivity contribution in [3.8, 4) is 16.9 Å². The van der Waals surface area contributed by atoms with Crippen LogP contribution in [-0.2, 0) is 27.0 Å². The van der Waals surface area contributed by atoms with Gasteiger partial charge in [-0.3, -0.25) is 10.1 Å². The number of amides is 2. The number of hydrogen-bond donors (Lipinski definition) is 2. The van der Waals surface area contributed by atoms with Gasteiger partial charge in [-0.15, -0.1) is 0 Å². The minimum Gasteiger partial charge on any atom is -0.480 e. The molecule has 0 spiro atoms. The summed E-state index contributed by atoms with van der Waals surface area (Å²) in [4.78, 5) is 27.8. The summed E-state index contributed by atoms with van der Waals surface area (Å²) in [6.07, 6.45) is 0.150. The molecule has 0 bridgehead atoms. The van der Waals surface area contributed by atoms with Crippen LogP contribution in [0.1, 0.15) is 44.7 Å². The zero-order chi connectivity index (χ0) is 31.9. The summed E-state index contributed by atoms with van der Waals surface area (Å²) >= 11 is 0. The zero-order valence-corrected chi connectivity index (χ0v) is 27.9. The number of anilines is 1. The Balaban J connectivity index is 1.50. The van der Waals surface area contributed by atoms with E-state index in [-0.39, 0.29) is 17.6 Å².